The number of aromatic hydroxyl groups is 1. The van der Waals surface area contributed by atoms with Gasteiger partial charge in [-0.25, -0.2) is 0 Å². The van der Waals surface area contributed by atoms with Crippen LogP contribution in [0.4, 0.5) is 0 Å². The summed E-state index contributed by atoms with van der Waals surface area (Å²) in [7, 11) is 0. The topological polar surface area (TPSA) is 651 Å². The largest absolute Gasteiger partial charge is 0.508 e. The van der Waals surface area contributed by atoms with Gasteiger partial charge in [-0.3, -0.25) is 86.3 Å². The van der Waals surface area contributed by atoms with Crippen LogP contribution in [0.5, 0.6) is 5.75 Å². The van der Waals surface area contributed by atoms with Crippen molar-refractivity contribution in [2.45, 2.75) is 196 Å². The summed E-state index contributed by atoms with van der Waals surface area (Å²) in [5.41, 5.74) is 24.2. The molecule has 17 amide bonds. The summed E-state index contributed by atoms with van der Waals surface area (Å²) in [4.78, 5) is 252. The van der Waals surface area contributed by atoms with Crippen LogP contribution in [0.2, 0.25) is 0 Å². The minimum atomic E-state index is -1.92. The third-order valence-corrected chi connectivity index (χ3v) is 19.9. The van der Waals surface area contributed by atoms with E-state index in [1.54, 1.807) is 68.6 Å². The number of likely N-dealkylation sites (tertiary alicyclic amines) is 1. The fraction of sp³-hybridized carbons (Fsp3) is 0.474. The lowest BCUT2D eigenvalue weighted by atomic mass is 9.99. The number of hydrogen-bond acceptors (Lipinski definition) is 22. The van der Waals surface area contributed by atoms with E-state index in [0.29, 0.717) is 44.9 Å². The second-order valence-corrected chi connectivity index (χ2v) is 29.6. The summed E-state index contributed by atoms with van der Waals surface area (Å²) in [6.45, 7) is 5.27. The zero-order chi connectivity index (χ0) is 87.2. The summed E-state index contributed by atoms with van der Waals surface area (Å²) < 4.78 is 0. The Balaban J connectivity index is 1.28. The number of thiol groups is 2. The third-order valence-electron chi connectivity index (χ3n) is 19.2. The van der Waals surface area contributed by atoms with Crippen molar-refractivity contribution < 1.29 is 102 Å². The van der Waals surface area contributed by atoms with E-state index in [1.165, 1.54) is 30.5 Å². The maximum absolute atomic E-state index is 15.2. The van der Waals surface area contributed by atoms with E-state index >= 15 is 9.59 Å². The number of fused-ring (bicyclic) bond motifs is 2. The van der Waals surface area contributed by atoms with Crippen LogP contribution in [-0.2, 0) is 106 Å². The second kappa shape index (κ2) is 45.8. The number of carbonyl (C=O) groups excluding carboxylic acids is 17. The number of phenols is 1. The SMILES string of the molecule is CC(=O)N[C@@H](CS)C(=O)N[C@@H](CCC(N)=O)C(=O)N[C@H](C(=O)N[C@@H](Cc1c[nH]c2ccccc12)C(=O)N[C@@H](CCC(N)=O)C(=O)N[C@@H](CS)C(=O)N[C@@H](Cc1ccc(O)cc1)C(=O)N[C@@H](Cc1c[nH]c2ccccc12)C(=O)N[C@@H](CCC(C)C)C(=O)N[C@@H](CCC(=O)O)C(=O)N[C@@H](CC(N)=O)C(=O)NCC(=O)N1CCC[C@H]1C(N)=O)[C@@H](C)O. The average molecular weight is 1680 g/mol. The summed E-state index contributed by atoms with van der Waals surface area (Å²) in [6, 6.07) is -0.505. The molecule has 3 heterocycles. The Kier molecular flexibility index (Phi) is 36.7. The smallest absolute Gasteiger partial charge is 0.303 e. The van der Waals surface area contributed by atoms with Crippen LogP contribution in [0.1, 0.15) is 115 Å². The van der Waals surface area contributed by atoms with E-state index in [9.17, 15) is 92.0 Å². The first-order chi connectivity index (χ1) is 55.9. The number of amides is 17. The summed E-state index contributed by atoms with van der Waals surface area (Å²) in [5, 5.41) is 61.8. The molecule has 40 nitrogen and oxygen atoms in total. The first-order valence-corrected chi connectivity index (χ1v) is 39.1. The highest BCUT2D eigenvalue weighted by molar-refractivity contribution is 7.80. The molecule has 1 saturated heterocycles. The summed E-state index contributed by atoms with van der Waals surface area (Å²) in [5.74, 6) is -19.7. The van der Waals surface area contributed by atoms with E-state index in [1.807, 2.05) is 0 Å². The standard InChI is InChI=1S/C76H103N19O21S2/c1-37(2)15-20-48(67(107)85-51(23-26-63(103)104)68(108)91-55(31-61(79)101)66(106)83-34-62(102)95-27-9-14-58(95)65(80)105)86-72(112)53(29-41-32-81-46-12-7-5-10-44(41)46)90-71(111)52(28-40-16-18-43(98)19-17-40)89-75(115)57(36-118)93-69(109)49(21-24-59(77)99)87-73(113)54(30-42-33-82-47-13-8-6-11-45(42)47)92-76(116)64(38(3)96)94-70(110)50(22-25-60(78)100)88-74(114)56(35-117)84-39(4)97/h5-8,10-13,16-19,32-33,37-38,48-58,64,81-82,96,98,117-118H,9,14-15,20-31,34-36H2,1-4H3,(H2,77,99)(H2,78,100)(H2,79,101)(H2,80,105)(H,83,106)(H,84,97)(H,85,107)(H,86,112)(H,87,113)(H,88,114)(H,89,115)(H,90,111)(H,91,108)(H,92,116)(H,93,109)(H,94,110)(H,103,104)/t38-,48+,49+,50+,51+,52+,53+,54+,55+,56+,57+,58+,64+/m1/s1. The van der Waals surface area contributed by atoms with Crippen molar-refractivity contribution in [3.63, 3.8) is 0 Å². The van der Waals surface area contributed by atoms with Crippen LogP contribution in [0.3, 0.4) is 0 Å². The van der Waals surface area contributed by atoms with Crippen molar-refractivity contribution in [2.24, 2.45) is 28.9 Å². The van der Waals surface area contributed by atoms with Gasteiger partial charge in [0.05, 0.1) is 19.1 Å². The monoisotopic (exact) mass is 1680 g/mol. The predicted octanol–water partition coefficient (Wildman–Crippen LogP) is -4.72. The normalized spacial score (nSPS) is 15.5. The Bertz CT molecular complexity index is 4480. The van der Waals surface area contributed by atoms with Gasteiger partial charge in [0.2, 0.25) is 100 Å². The van der Waals surface area contributed by atoms with Gasteiger partial charge in [0.15, 0.2) is 0 Å². The zero-order valence-corrected chi connectivity index (χ0v) is 67.0. The number of nitrogens with one attached hydrogen (secondary N) is 14. The molecule has 0 spiro atoms. The van der Waals surface area contributed by atoms with Crippen molar-refractivity contribution >= 4 is 153 Å². The fourth-order valence-electron chi connectivity index (χ4n) is 12.8. The van der Waals surface area contributed by atoms with Crippen LogP contribution < -0.4 is 86.7 Å². The molecule has 0 aliphatic carbocycles. The number of nitrogens with two attached hydrogens (primary N) is 4. The van der Waals surface area contributed by atoms with E-state index in [-0.39, 0.29) is 56.1 Å². The van der Waals surface area contributed by atoms with Crippen molar-refractivity contribution in [1.29, 1.82) is 0 Å². The van der Waals surface area contributed by atoms with Crippen LogP contribution in [-0.4, -0.2) is 240 Å². The predicted molar refractivity (Wildman–Crippen MR) is 431 cm³/mol. The molecule has 6 rings (SSSR count). The first-order valence-electron chi connectivity index (χ1n) is 37.9. The van der Waals surface area contributed by atoms with Crippen LogP contribution in [0, 0.1) is 5.92 Å². The molecule has 0 unspecified atom stereocenters. The summed E-state index contributed by atoms with van der Waals surface area (Å²) in [6.07, 6.45) is -3.26. The van der Waals surface area contributed by atoms with Gasteiger partial charge in [-0.15, -0.1) is 0 Å². The van der Waals surface area contributed by atoms with E-state index in [2.05, 4.69) is 99.0 Å². The number of rotatable bonds is 48. The van der Waals surface area contributed by atoms with Gasteiger partial charge in [-0.05, 0) is 98.7 Å². The zero-order valence-electron chi connectivity index (χ0n) is 65.2. The van der Waals surface area contributed by atoms with E-state index < -0.39 is 249 Å². The third kappa shape index (κ3) is 29.4. The number of carbonyl (C=O) groups is 18. The minimum absolute atomic E-state index is 0.148. The van der Waals surface area contributed by atoms with Crippen LogP contribution in [0.15, 0.2) is 85.2 Å². The highest BCUT2D eigenvalue weighted by Crippen LogP contribution is 2.23. The first kappa shape index (κ1) is 94.5. The number of hydrogen-bond donors (Lipinski definition) is 23. The van der Waals surface area contributed by atoms with Crippen molar-refractivity contribution in [3.05, 3.63) is 102 Å². The van der Waals surface area contributed by atoms with Gasteiger partial charge in [0.1, 0.15) is 78.3 Å². The Hall–Kier alpha value is -12.3. The molecular formula is C76H103N19O21S2. The van der Waals surface area contributed by atoms with Gasteiger partial charge >= 0.3 is 5.97 Å². The molecule has 1 aliphatic heterocycles. The maximum Gasteiger partial charge on any atom is 0.303 e. The Morgan fingerprint density at radius 1 is 0.466 bits per heavy atom. The molecule has 0 bridgehead atoms. The number of aromatic nitrogens is 2. The van der Waals surface area contributed by atoms with Gasteiger partial charge in [-0.1, -0.05) is 62.4 Å². The van der Waals surface area contributed by atoms with Crippen molar-refractivity contribution in [1.82, 2.24) is 78.7 Å². The number of benzene rings is 3. The molecule has 0 radical (unpaired) electrons. The average Bonchev–Trinajstić information content (AvgIpc) is 1.61. The lowest BCUT2D eigenvalue weighted by Crippen LogP contribution is -2.62. The Labute approximate surface area is 687 Å². The van der Waals surface area contributed by atoms with Gasteiger partial charge in [0.25, 0.3) is 0 Å². The molecule has 3 aromatic carbocycles. The number of phenolic OH excluding ortho intramolecular Hbond substituents is 1. The lowest BCUT2D eigenvalue weighted by molar-refractivity contribution is -0.139. The molecule has 0 saturated carbocycles. The lowest BCUT2D eigenvalue weighted by Gasteiger charge is -2.29. The second-order valence-electron chi connectivity index (χ2n) is 28.8. The molecule has 118 heavy (non-hydrogen) atoms. The fourth-order valence-corrected chi connectivity index (χ4v) is 13.4. The van der Waals surface area contributed by atoms with Gasteiger partial charge in [0, 0.05) is 97.7 Å². The number of carboxylic acid groups (broad SMARTS) is 1. The van der Waals surface area contributed by atoms with Crippen molar-refractivity contribution in [2.75, 3.05) is 24.6 Å². The number of H-pyrrole nitrogens is 2. The highest BCUT2D eigenvalue weighted by atomic mass is 32.1. The number of primary amides is 4. The summed E-state index contributed by atoms with van der Waals surface area (Å²) >= 11 is 8.45. The Morgan fingerprint density at radius 3 is 1.30 bits per heavy atom. The van der Waals surface area contributed by atoms with Crippen LogP contribution >= 0.6 is 25.3 Å². The highest BCUT2D eigenvalue weighted by Gasteiger charge is 2.40. The Morgan fingerprint density at radius 2 is 0.864 bits per heavy atom. The molecule has 13 atom stereocenters. The number of nitrogens with zero attached hydrogens (tertiary/aromatic N) is 1. The minimum Gasteiger partial charge on any atom is -0.508 e. The molecule has 640 valence electrons. The van der Waals surface area contributed by atoms with E-state index in [0.717, 1.165) is 18.7 Å². The molecule has 42 heteroatoms. The number of aromatic amines is 2. The number of aliphatic carboxylic acids is 1. The molecule has 25 N–H and O–H groups in total. The number of para-hydroxylation sites is 2. The molecular weight excluding hydrogens is 1580 g/mol. The molecule has 2 aromatic heterocycles. The van der Waals surface area contributed by atoms with Gasteiger partial charge in [-0.2, -0.15) is 25.3 Å². The van der Waals surface area contributed by atoms with Crippen molar-refractivity contribution in [3.8, 4) is 5.75 Å². The van der Waals surface area contributed by atoms with Crippen LogP contribution in [0.25, 0.3) is 21.8 Å². The maximum atomic E-state index is 15.2. The molecule has 1 aliphatic rings. The quantitative estimate of drug-likeness (QED) is 0.0163. The molecule has 5 aromatic rings. The number of aliphatic hydroxyl groups excluding tert-OH is 1. The van der Waals surface area contributed by atoms with Gasteiger partial charge < -0.3 is 117 Å². The number of aliphatic hydroxyl groups is 1. The molecule has 1 fully saturated rings. The van der Waals surface area contributed by atoms with E-state index in [4.69, 9.17) is 22.9 Å². The number of carboxylic acids is 1.